The van der Waals surface area contributed by atoms with Gasteiger partial charge in [-0.2, -0.15) is 0 Å². The Morgan fingerprint density at radius 3 is 2.89 bits per heavy atom. The number of amides is 1. The van der Waals surface area contributed by atoms with Crippen LogP contribution in [-0.2, 0) is 4.79 Å². The predicted molar refractivity (Wildman–Crippen MR) is 73.4 cm³/mol. The lowest BCUT2D eigenvalue weighted by Crippen LogP contribution is -2.31. The van der Waals surface area contributed by atoms with Crippen molar-refractivity contribution in [1.82, 2.24) is 4.90 Å². The summed E-state index contributed by atoms with van der Waals surface area (Å²) >= 11 is 0. The molecule has 1 heterocycles. The quantitative estimate of drug-likeness (QED) is 0.829. The zero-order valence-corrected chi connectivity index (χ0v) is 11.8. The van der Waals surface area contributed by atoms with Crippen LogP contribution in [0.15, 0.2) is 22.8 Å². The second-order valence-electron chi connectivity index (χ2n) is 6.34. The first-order valence-electron chi connectivity index (χ1n) is 7.44. The molecular weight excluding hydrogens is 238 g/mol. The molecule has 2 aliphatic carbocycles. The van der Waals surface area contributed by atoms with Crippen molar-refractivity contribution in [2.75, 3.05) is 7.05 Å². The summed E-state index contributed by atoms with van der Waals surface area (Å²) in [5.41, 5.74) is 0. The summed E-state index contributed by atoms with van der Waals surface area (Å²) in [5, 5.41) is 0. The monoisotopic (exact) mass is 261 g/mol. The largest absolute Gasteiger partial charge is 0.467 e. The highest BCUT2D eigenvalue weighted by molar-refractivity contribution is 5.76. The van der Waals surface area contributed by atoms with Crippen LogP contribution < -0.4 is 0 Å². The third-order valence-corrected chi connectivity index (χ3v) is 5.25. The standard InChI is InChI=1S/C16H23NO2/c1-11(15-4-3-7-19-15)17(2)16(18)10-14-9-12-5-6-13(14)8-12/h3-4,7,11-14H,5-6,8-10H2,1-2H3. The van der Waals surface area contributed by atoms with Gasteiger partial charge < -0.3 is 9.32 Å². The molecule has 0 aliphatic heterocycles. The first kappa shape index (κ1) is 12.8. The van der Waals surface area contributed by atoms with E-state index in [1.165, 1.54) is 25.7 Å². The molecule has 0 saturated heterocycles. The third-order valence-electron chi connectivity index (χ3n) is 5.25. The van der Waals surface area contributed by atoms with E-state index in [0.29, 0.717) is 5.92 Å². The molecule has 0 radical (unpaired) electrons. The molecule has 2 bridgehead atoms. The lowest BCUT2D eigenvalue weighted by Gasteiger charge is -2.27. The van der Waals surface area contributed by atoms with Crippen LogP contribution in [0.3, 0.4) is 0 Å². The molecule has 3 heteroatoms. The first-order chi connectivity index (χ1) is 9.15. The molecule has 3 nitrogen and oxygen atoms in total. The van der Waals surface area contributed by atoms with Gasteiger partial charge in [0.2, 0.25) is 5.91 Å². The summed E-state index contributed by atoms with van der Waals surface area (Å²) in [6, 6.07) is 3.84. The summed E-state index contributed by atoms with van der Waals surface area (Å²) in [7, 11) is 1.89. The van der Waals surface area contributed by atoms with Crippen LogP contribution in [0.4, 0.5) is 0 Å². The summed E-state index contributed by atoms with van der Waals surface area (Å²) < 4.78 is 5.39. The van der Waals surface area contributed by atoms with Crippen molar-refractivity contribution in [3.8, 4) is 0 Å². The summed E-state index contributed by atoms with van der Waals surface area (Å²) in [6.07, 6.45) is 7.78. The molecule has 1 aromatic rings. The highest BCUT2D eigenvalue weighted by Crippen LogP contribution is 2.49. The van der Waals surface area contributed by atoms with Gasteiger partial charge in [0, 0.05) is 13.5 Å². The van der Waals surface area contributed by atoms with Crippen LogP contribution in [0, 0.1) is 17.8 Å². The lowest BCUT2D eigenvalue weighted by molar-refractivity contribution is -0.133. The van der Waals surface area contributed by atoms with Crippen LogP contribution in [0.1, 0.15) is 50.8 Å². The molecule has 2 saturated carbocycles. The third kappa shape index (κ3) is 2.43. The van der Waals surface area contributed by atoms with Gasteiger partial charge in [-0.3, -0.25) is 4.79 Å². The number of carbonyl (C=O) groups is 1. The minimum Gasteiger partial charge on any atom is -0.467 e. The van der Waals surface area contributed by atoms with E-state index in [0.717, 1.165) is 24.0 Å². The first-order valence-corrected chi connectivity index (χ1v) is 7.44. The number of fused-ring (bicyclic) bond motifs is 2. The zero-order chi connectivity index (χ0) is 13.4. The number of carbonyl (C=O) groups excluding carboxylic acids is 1. The zero-order valence-electron chi connectivity index (χ0n) is 11.8. The number of rotatable bonds is 4. The summed E-state index contributed by atoms with van der Waals surface area (Å²) in [6.45, 7) is 2.03. The molecule has 1 amide bonds. The Hall–Kier alpha value is -1.25. The minimum absolute atomic E-state index is 0.0288. The van der Waals surface area contributed by atoms with E-state index in [2.05, 4.69) is 0 Å². The van der Waals surface area contributed by atoms with E-state index in [1.807, 2.05) is 31.0 Å². The van der Waals surface area contributed by atoms with Gasteiger partial charge in [0.05, 0.1) is 12.3 Å². The highest BCUT2D eigenvalue weighted by atomic mass is 16.3. The van der Waals surface area contributed by atoms with Crippen molar-refractivity contribution in [2.45, 2.75) is 45.1 Å². The Morgan fingerprint density at radius 2 is 2.32 bits per heavy atom. The molecule has 3 rings (SSSR count). The van der Waals surface area contributed by atoms with Gasteiger partial charge in [-0.1, -0.05) is 6.42 Å². The van der Waals surface area contributed by atoms with E-state index in [4.69, 9.17) is 4.42 Å². The maximum atomic E-state index is 12.4. The van der Waals surface area contributed by atoms with E-state index >= 15 is 0 Å². The van der Waals surface area contributed by atoms with Crippen molar-refractivity contribution in [3.05, 3.63) is 24.2 Å². The number of hydrogen-bond donors (Lipinski definition) is 0. The summed E-state index contributed by atoms with van der Waals surface area (Å²) in [5.74, 6) is 3.50. The molecule has 0 aromatic carbocycles. The van der Waals surface area contributed by atoms with Gasteiger partial charge >= 0.3 is 0 Å². The molecule has 0 spiro atoms. The topological polar surface area (TPSA) is 33.5 Å². The van der Waals surface area contributed by atoms with Gasteiger partial charge in [-0.25, -0.2) is 0 Å². The van der Waals surface area contributed by atoms with Gasteiger partial charge in [-0.05, 0) is 56.1 Å². The van der Waals surface area contributed by atoms with Crippen LogP contribution in [-0.4, -0.2) is 17.9 Å². The molecule has 4 unspecified atom stereocenters. The Morgan fingerprint density at radius 1 is 1.47 bits per heavy atom. The van der Waals surface area contributed by atoms with Crippen molar-refractivity contribution >= 4 is 5.91 Å². The fraction of sp³-hybridized carbons (Fsp3) is 0.688. The van der Waals surface area contributed by atoms with E-state index < -0.39 is 0 Å². The van der Waals surface area contributed by atoms with Gasteiger partial charge in [-0.15, -0.1) is 0 Å². The maximum Gasteiger partial charge on any atom is 0.223 e. The molecule has 2 aliphatic rings. The molecule has 1 aromatic heterocycles. The molecule has 2 fully saturated rings. The smallest absolute Gasteiger partial charge is 0.223 e. The Balaban J connectivity index is 1.58. The van der Waals surface area contributed by atoms with E-state index in [-0.39, 0.29) is 11.9 Å². The van der Waals surface area contributed by atoms with Gasteiger partial charge in [0.1, 0.15) is 5.76 Å². The average molecular weight is 261 g/mol. The van der Waals surface area contributed by atoms with Crippen molar-refractivity contribution in [1.29, 1.82) is 0 Å². The molecule has 104 valence electrons. The van der Waals surface area contributed by atoms with Crippen LogP contribution in [0.25, 0.3) is 0 Å². The fourth-order valence-corrected chi connectivity index (χ4v) is 3.93. The number of hydrogen-bond acceptors (Lipinski definition) is 2. The molecule has 0 N–H and O–H groups in total. The number of nitrogens with zero attached hydrogens (tertiary/aromatic N) is 1. The maximum absolute atomic E-state index is 12.4. The summed E-state index contributed by atoms with van der Waals surface area (Å²) in [4.78, 5) is 14.2. The SMILES string of the molecule is CC(c1ccco1)N(C)C(=O)CC1CC2CCC1C2. The minimum atomic E-state index is 0.0288. The van der Waals surface area contributed by atoms with Crippen molar-refractivity contribution < 1.29 is 9.21 Å². The normalized spacial score (nSPS) is 30.5. The van der Waals surface area contributed by atoms with Gasteiger partial charge in [0.25, 0.3) is 0 Å². The molecular formula is C16H23NO2. The van der Waals surface area contributed by atoms with Crippen LogP contribution >= 0.6 is 0 Å². The Kier molecular flexibility index (Phi) is 3.38. The van der Waals surface area contributed by atoms with Gasteiger partial charge in [0.15, 0.2) is 0 Å². The average Bonchev–Trinajstić information content (AvgIpc) is 3.13. The number of furan rings is 1. The Labute approximate surface area is 115 Å². The van der Waals surface area contributed by atoms with Crippen molar-refractivity contribution in [3.63, 3.8) is 0 Å². The van der Waals surface area contributed by atoms with Crippen LogP contribution in [0.5, 0.6) is 0 Å². The second kappa shape index (κ2) is 5.03. The molecule has 19 heavy (non-hydrogen) atoms. The van der Waals surface area contributed by atoms with E-state index in [9.17, 15) is 4.79 Å². The predicted octanol–water partition coefficient (Wildman–Crippen LogP) is 3.63. The van der Waals surface area contributed by atoms with E-state index in [1.54, 1.807) is 6.26 Å². The fourth-order valence-electron chi connectivity index (χ4n) is 3.93. The van der Waals surface area contributed by atoms with Crippen molar-refractivity contribution in [2.24, 2.45) is 17.8 Å². The lowest BCUT2D eigenvalue weighted by atomic mass is 9.86. The molecule has 4 atom stereocenters. The van der Waals surface area contributed by atoms with Crippen LogP contribution in [0.2, 0.25) is 0 Å². The highest BCUT2D eigenvalue weighted by Gasteiger charge is 2.40. The Bertz CT molecular complexity index is 440. The second-order valence-corrected chi connectivity index (χ2v) is 6.34.